The Hall–Kier alpha value is -7.35. The highest BCUT2D eigenvalue weighted by atomic mass is 16.5. The van der Waals surface area contributed by atoms with Crippen molar-refractivity contribution in [1.82, 2.24) is 9.97 Å². The zero-order chi connectivity index (χ0) is 35.8. The van der Waals surface area contributed by atoms with Gasteiger partial charge in [-0.3, -0.25) is 0 Å². The van der Waals surface area contributed by atoms with Gasteiger partial charge in [0.15, 0.2) is 5.69 Å². The van der Waals surface area contributed by atoms with Gasteiger partial charge in [0.2, 0.25) is 0 Å². The number of benzene rings is 7. The SMILES string of the molecule is [C-]#[N+]c1cccc(-c2ccc3ccc4ccc(-c5cccc(-c6ccc7c(c6)Oc6ccccc6C76c7ccccc7-c7ccccc76)c5)nc4c3n2)c1. The predicted octanol–water partition coefficient (Wildman–Crippen LogP) is 12.8. The molecule has 0 saturated heterocycles. The summed E-state index contributed by atoms with van der Waals surface area (Å²) < 4.78 is 6.78. The molecular formula is C50H29N3O. The van der Waals surface area contributed by atoms with E-state index in [1.54, 1.807) is 0 Å². The van der Waals surface area contributed by atoms with E-state index in [2.05, 4.69) is 150 Å². The van der Waals surface area contributed by atoms with Crippen LogP contribution in [0.1, 0.15) is 22.3 Å². The molecule has 0 atom stereocenters. The first-order chi connectivity index (χ1) is 26.7. The Morgan fingerprint density at radius 2 is 0.963 bits per heavy atom. The van der Waals surface area contributed by atoms with Crippen LogP contribution >= 0.6 is 0 Å². The van der Waals surface area contributed by atoms with Gasteiger partial charge in [0.25, 0.3) is 0 Å². The van der Waals surface area contributed by atoms with Crippen molar-refractivity contribution in [2.24, 2.45) is 0 Å². The van der Waals surface area contributed by atoms with Gasteiger partial charge in [-0.15, -0.1) is 0 Å². The quantitative estimate of drug-likeness (QED) is 0.137. The van der Waals surface area contributed by atoms with E-state index in [1.807, 2.05) is 30.3 Å². The smallest absolute Gasteiger partial charge is 0.187 e. The Morgan fingerprint density at radius 3 is 1.65 bits per heavy atom. The highest BCUT2D eigenvalue weighted by molar-refractivity contribution is 6.04. The Labute approximate surface area is 312 Å². The zero-order valence-electron chi connectivity index (χ0n) is 29.0. The summed E-state index contributed by atoms with van der Waals surface area (Å²) >= 11 is 0. The second-order valence-corrected chi connectivity index (χ2v) is 14.0. The minimum Gasteiger partial charge on any atom is -0.457 e. The highest BCUT2D eigenvalue weighted by Crippen LogP contribution is 2.62. The number of hydrogen-bond acceptors (Lipinski definition) is 3. The fourth-order valence-electron chi connectivity index (χ4n) is 8.72. The molecule has 4 heteroatoms. The number of pyridine rings is 2. The van der Waals surface area contributed by atoms with E-state index in [0.29, 0.717) is 5.69 Å². The van der Waals surface area contributed by atoms with Gasteiger partial charge in [-0.25, -0.2) is 14.8 Å². The minimum atomic E-state index is -0.483. The number of ether oxygens (including phenoxy) is 1. The maximum atomic E-state index is 7.46. The van der Waals surface area contributed by atoms with Crippen LogP contribution in [0.3, 0.4) is 0 Å². The van der Waals surface area contributed by atoms with E-state index in [4.69, 9.17) is 21.3 Å². The molecule has 4 nitrogen and oxygen atoms in total. The number of hydrogen-bond donors (Lipinski definition) is 0. The lowest BCUT2D eigenvalue weighted by Crippen LogP contribution is -2.32. The third-order valence-electron chi connectivity index (χ3n) is 11.1. The largest absolute Gasteiger partial charge is 0.457 e. The molecule has 54 heavy (non-hydrogen) atoms. The molecule has 0 fully saturated rings. The third kappa shape index (κ3) is 4.36. The molecular weight excluding hydrogens is 659 g/mol. The molecule has 1 aliphatic heterocycles. The van der Waals surface area contributed by atoms with Crippen molar-refractivity contribution in [3.05, 3.63) is 210 Å². The van der Waals surface area contributed by atoms with Crippen molar-refractivity contribution in [2.45, 2.75) is 5.41 Å². The van der Waals surface area contributed by atoms with Gasteiger partial charge in [-0.2, -0.15) is 0 Å². The monoisotopic (exact) mass is 687 g/mol. The highest BCUT2D eigenvalue weighted by Gasteiger charge is 2.50. The van der Waals surface area contributed by atoms with Crippen molar-refractivity contribution in [2.75, 3.05) is 0 Å². The van der Waals surface area contributed by atoms with Gasteiger partial charge in [-0.05, 0) is 75.3 Å². The first kappa shape index (κ1) is 30.3. The lowest BCUT2D eigenvalue weighted by Gasteiger charge is -2.39. The zero-order valence-corrected chi connectivity index (χ0v) is 29.0. The molecule has 11 rings (SSSR count). The number of fused-ring (bicyclic) bond motifs is 12. The molecule has 0 bridgehead atoms. The topological polar surface area (TPSA) is 39.4 Å². The average Bonchev–Trinajstić information content (AvgIpc) is 3.53. The number of rotatable bonds is 3. The molecule has 9 aromatic rings. The summed E-state index contributed by atoms with van der Waals surface area (Å²) in [5.74, 6) is 1.74. The average molecular weight is 688 g/mol. The minimum absolute atomic E-state index is 0.483. The van der Waals surface area contributed by atoms with Gasteiger partial charge in [-0.1, -0.05) is 140 Å². The Morgan fingerprint density at radius 1 is 0.426 bits per heavy atom. The maximum absolute atomic E-state index is 7.46. The number of aromatic nitrogens is 2. The lowest BCUT2D eigenvalue weighted by molar-refractivity contribution is 0.436. The van der Waals surface area contributed by atoms with Crippen molar-refractivity contribution >= 4 is 27.5 Å². The van der Waals surface area contributed by atoms with Crippen molar-refractivity contribution in [3.8, 4) is 56.3 Å². The van der Waals surface area contributed by atoms with Crippen molar-refractivity contribution in [3.63, 3.8) is 0 Å². The molecule has 3 heterocycles. The molecule has 1 spiro atoms. The normalized spacial score (nSPS) is 13.1. The van der Waals surface area contributed by atoms with Crippen LogP contribution in [-0.4, -0.2) is 9.97 Å². The first-order valence-electron chi connectivity index (χ1n) is 18.1. The number of nitrogens with zero attached hydrogens (tertiary/aromatic N) is 3. The van der Waals surface area contributed by atoms with Crippen LogP contribution in [0, 0.1) is 6.57 Å². The van der Waals surface area contributed by atoms with Gasteiger partial charge in [0, 0.05) is 27.5 Å². The molecule has 2 aromatic heterocycles. The van der Waals surface area contributed by atoms with Gasteiger partial charge in [0.05, 0.1) is 34.4 Å². The molecule has 0 N–H and O–H groups in total. The first-order valence-corrected chi connectivity index (χ1v) is 18.1. The van der Waals surface area contributed by atoms with Crippen LogP contribution in [0.4, 0.5) is 5.69 Å². The summed E-state index contributed by atoms with van der Waals surface area (Å²) in [4.78, 5) is 13.9. The molecule has 0 radical (unpaired) electrons. The van der Waals surface area contributed by atoms with Crippen LogP contribution < -0.4 is 4.74 Å². The van der Waals surface area contributed by atoms with Gasteiger partial charge >= 0.3 is 0 Å². The van der Waals surface area contributed by atoms with Crippen LogP contribution in [0.15, 0.2) is 176 Å². The van der Waals surface area contributed by atoms with E-state index in [-0.39, 0.29) is 0 Å². The van der Waals surface area contributed by atoms with E-state index in [0.717, 1.165) is 78.1 Å². The summed E-state index contributed by atoms with van der Waals surface area (Å²) in [5.41, 5.74) is 15.0. The Balaban J connectivity index is 1.03. The van der Waals surface area contributed by atoms with Crippen molar-refractivity contribution in [1.29, 1.82) is 0 Å². The van der Waals surface area contributed by atoms with E-state index in [9.17, 15) is 0 Å². The molecule has 0 saturated carbocycles. The lowest BCUT2D eigenvalue weighted by atomic mass is 9.66. The fourth-order valence-corrected chi connectivity index (χ4v) is 8.72. The maximum Gasteiger partial charge on any atom is 0.187 e. The van der Waals surface area contributed by atoms with Gasteiger partial charge < -0.3 is 4.74 Å². The molecule has 1 aliphatic carbocycles. The number of para-hydroxylation sites is 1. The predicted molar refractivity (Wildman–Crippen MR) is 217 cm³/mol. The fraction of sp³-hybridized carbons (Fsp3) is 0.0200. The van der Waals surface area contributed by atoms with Crippen LogP contribution in [0.25, 0.3) is 71.4 Å². The summed E-state index contributed by atoms with van der Waals surface area (Å²) in [6.45, 7) is 7.46. The van der Waals surface area contributed by atoms with E-state index in [1.165, 1.54) is 22.3 Å². The molecule has 7 aromatic carbocycles. The Bertz CT molecular complexity index is 3020. The molecule has 0 amide bonds. The molecule has 250 valence electrons. The molecule has 0 unspecified atom stereocenters. The van der Waals surface area contributed by atoms with Crippen LogP contribution in [0.5, 0.6) is 11.5 Å². The standard InChI is InChI=1S/C50H29N3O/c1-51-37-13-9-12-36(29-37)45-27-24-32-21-20-31-23-26-44(52-48(31)49(32)53-45)35-11-8-10-33(28-35)34-22-25-43-47(30-34)54-46-19-7-6-18-42(46)50(43)40-16-4-2-14-38(40)39-15-3-5-17-41(39)50/h2-30H. The van der Waals surface area contributed by atoms with E-state index < -0.39 is 5.41 Å². The second kappa shape index (κ2) is 11.6. The van der Waals surface area contributed by atoms with Gasteiger partial charge in [0.1, 0.15) is 11.5 Å². The van der Waals surface area contributed by atoms with E-state index >= 15 is 0 Å². The third-order valence-corrected chi connectivity index (χ3v) is 11.1. The molecule has 2 aliphatic rings. The van der Waals surface area contributed by atoms with Crippen molar-refractivity contribution < 1.29 is 4.74 Å². The van der Waals surface area contributed by atoms with Crippen LogP contribution in [0.2, 0.25) is 0 Å². The summed E-state index contributed by atoms with van der Waals surface area (Å²) in [6.07, 6.45) is 0. The summed E-state index contributed by atoms with van der Waals surface area (Å²) in [5, 5.41) is 2.05. The Kier molecular flexibility index (Phi) is 6.50. The second-order valence-electron chi connectivity index (χ2n) is 14.0. The summed E-state index contributed by atoms with van der Waals surface area (Å²) in [6, 6.07) is 61.5. The van der Waals surface area contributed by atoms with Crippen LogP contribution in [-0.2, 0) is 5.41 Å². The summed E-state index contributed by atoms with van der Waals surface area (Å²) in [7, 11) is 0.